The zero-order chi connectivity index (χ0) is 33.1. The standard InChI is InChI=1S/C44H22N4OS/c45-23-25-12-16-38-33(20-25)29-7-1-3-10-36(29)47(38)27-13-18-40-34(21-27)35-22-28(14-19-41(35)50-40)48-37-11-4-2-8-32(37)42-39(48)17-15-31-30-9-5-6-26(24-46)43(30)49-44(31)42/h1-22H. The Labute approximate surface area is 288 Å². The van der Waals surface area contributed by atoms with Gasteiger partial charge in [0.1, 0.15) is 11.7 Å². The molecule has 0 aliphatic rings. The molecular formula is C44H22N4OS. The molecule has 0 amide bonds. The number of thiophene rings is 1. The van der Waals surface area contributed by atoms with E-state index in [1.807, 2.05) is 30.3 Å². The minimum absolute atomic E-state index is 0.539. The summed E-state index contributed by atoms with van der Waals surface area (Å²) in [5.41, 5.74) is 9.12. The number of fused-ring (bicyclic) bond motifs is 13. The van der Waals surface area contributed by atoms with E-state index in [9.17, 15) is 10.5 Å². The van der Waals surface area contributed by atoms with Crippen LogP contribution in [0.5, 0.6) is 0 Å². The number of furan rings is 1. The topological polar surface area (TPSA) is 70.6 Å². The second-order valence-corrected chi connectivity index (χ2v) is 13.8. The van der Waals surface area contributed by atoms with Crippen molar-refractivity contribution in [1.82, 2.24) is 9.13 Å². The molecule has 0 aliphatic carbocycles. The zero-order valence-electron chi connectivity index (χ0n) is 26.3. The molecule has 4 aromatic heterocycles. The van der Waals surface area contributed by atoms with Crippen LogP contribution in [0, 0.1) is 22.7 Å². The number of rotatable bonds is 2. The van der Waals surface area contributed by atoms with Crippen LogP contribution in [-0.2, 0) is 0 Å². The Bertz CT molecular complexity index is 3360. The summed E-state index contributed by atoms with van der Waals surface area (Å²) in [6.45, 7) is 0. The van der Waals surface area contributed by atoms with Gasteiger partial charge in [0, 0.05) is 58.5 Å². The molecule has 7 aromatic carbocycles. The van der Waals surface area contributed by atoms with Gasteiger partial charge in [-0.05, 0) is 84.9 Å². The van der Waals surface area contributed by atoms with E-state index >= 15 is 0 Å². The number of benzene rings is 7. The SMILES string of the molecule is N#Cc1ccc2c(c1)c1ccccc1n2-c1ccc2sc3ccc(-n4c5ccccc5c5c6oc7c(C#N)cccc7c6ccc54)cc3c2c1. The quantitative estimate of drug-likeness (QED) is 0.186. The fraction of sp³-hybridized carbons (Fsp3) is 0. The smallest absolute Gasteiger partial charge is 0.153 e. The molecule has 0 saturated carbocycles. The normalized spacial score (nSPS) is 12.0. The van der Waals surface area contributed by atoms with Crippen LogP contribution in [0.1, 0.15) is 11.1 Å². The number of nitriles is 2. The Morgan fingerprint density at radius 2 is 1.08 bits per heavy atom. The first-order valence-electron chi connectivity index (χ1n) is 16.4. The highest BCUT2D eigenvalue weighted by Crippen LogP contribution is 2.43. The molecule has 5 nitrogen and oxygen atoms in total. The number of hydrogen-bond acceptors (Lipinski definition) is 4. The summed E-state index contributed by atoms with van der Waals surface area (Å²) in [4.78, 5) is 0. The van der Waals surface area contributed by atoms with Gasteiger partial charge < -0.3 is 13.6 Å². The van der Waals surface area contributed by atoms with Crippen LogP contribution < -0.4 is 0 Å². The van der Waals surface area contributed by atoms with E-state index < -0.39 is 0 Å². The van der Waals surface area contributed by atoms with Gasteiger partial charge in [-0.2, -0.15) is 10.5 Å². The van der Waals surface area contributed by atoms with Crippen LogP contribution >= 0.6 is 11.3 Å². The number of para-hydroxylation sites is 3. The summed E-state index contributed by atoms with van der Waals surface area (Å²) < 4.78 is 13.6. The van der Waals surface area contributed by atoms with Gasteiger partial charge >= 0.3 is 0 Å². The van der Waals surface area contributed by atoms with Crippen LogP contribution in [0.3, 0.4) is 0 Å². The first kappa shape index (κ1) is 27.1. The molecule has 230 valence electrons. The molecular weight excluding hydrogens is 633 g/mol. The van der Waals surface area contributed by atoms with E-state index in [0.29, 0.717) is 16.7 Å². The Balaban J connectivity index is 1.17. The first-order chi connectivity index (χ1) is 24.7. The van der Waals surface area contributed by atoms with Crippen molar-refractivity contribution in [3.8, 4) is 23.5 Å². The highest BCUT2D eigenvalue weighted by Gasteiger charge is 2.20. The van der Waals surface area contributed by atoms with Gasteiger partial charge in [-0.1, -0.05) is 48.5 Å². The maximum absolute atomic E-state index is 9.80. The maximum Gasteiger partial charge on any atom is 0.153 e. The predicted molar refractivity (Wildman–Crippen MR) is 205 cm³/mol. The van der Waals surface area contributed by atoms with Crippen molar-refractivity contribution in [1.29, 1.82) is 10.5 Å². The summed E-state index contributed by atoms with van der Waals surface area (Å²) in [5.74, 6) is 0. The predicted octanol–water partition coefficient (Wildman–Crippen LogP) is 11.9. The molecule has 0 aliphatic heterocycles. The summed E-state index contributed by atoms with van der Waals surface area (Å²) >= 11 is 1.80. The van der Waals surface area contributed by atoms with Crippen molar-refractivity contribution in [2.75, 3.05) is 0 Å². The van der Waals surface area contributed by atoms with Crippen molar-refractivity contribution in [2.24, 2.45) is 0 Å². The Morgan fingerprint density at radius 3 is 1.82 bits per heavy atom. The molecule has 6 heteroatoms. The van der Waals surface area contributed by atoms with Gasteiger partial charge in [0.15, 0.2) is 5.58 Å². The summed E-state index contributed by atoms with van der Waals surface area (Å²) in [6.07, 6.45) is 0. The second kappa shape index (κ2) is 9.84. The van der Waals surface area contributed by atoms with Crippen molar-refractivity contribution in [3.63, 3.8) is 0 Å². The lowest BCUT2D eigenvalue weighted by Gasteiger charge is -2.09. The minimum Gasteiger partial charge on any atom is -0.454 e. The monoisotopic (exact) mass is 654 g/mol. The Kier molecular flexibility index (Phi) is 5.34. The second-order valence-electron chi connectivity index (χ2n) is 12.7. The highest BCUT2D eigenvalue weighted by molar-refractivity contribution is 7.25. The van der Waals surface area contributed by atoms with Crippen LogP contribution in [0.2, 0.25) is 0 Å². The fourth-order valence-electron chi connectivity index (χ4n) is 8.03. The van der Waals surface area contributed by atoms with E-state index in [4.69, 9.17) is 4.42 Å². The van der Waals surface area contributed by atoms with E-state index in [1.165, 1.54) is 20.2 Å². The van der Waals surface area contributed by atoms with Crippen LogP contribution in [-0.4, -0.2) is 9.13 Å². The van der Waals surface area contributed by atoms with E-state index in [1.54, 1.807) is 11.3 Å². The molecule has 0 spiro atoms. The van der Waals surface area contributed by atoms with Crippen molar-refractivity contribution in [3.05, 3.63) is 145 Å². The lowest BCUT2D eigenvalue weighted by Crippen LogP contribution is -1.94. The lowest BCUT2D eigenvalue weighted by molar-refractivity contribution is 0.671. The van der Waals surface area contributed by atoms with Crippen molar-refractivity contribution >= 4 is 97.1 Å². The first-order valence-corrected chi connectivity index (χ1v) is 17.2. The van der Waals surface area contributed by atoms with Gasteiger partial charge in [0.25, 0.3) is 0 Å². The molecule has 11 aromatic rings. The molecule has 0 radical (unpaired) electrons. The Hall–Kier alpha value is -6.86. The third kappa shape index (κ3) is 3.52. The summed E-state index contributed by atoms with van der Waals surface area (Å²) in [6, 6.07) is 51.0. The molecule has 11 rings (SSSR count). The van der Waals surface area contributed by atoms with Gasteiger partial charge in [-0.3, -0.25) is 0 Å². The Morgan fingerprint density at radius 1 is 0.460 bits per heavy atom. The molecule has 0 N–H and O–H groups in total. The average Bonchev–Trinajstić information content (AvgIpc) is 3.91. The molecule has 50 heavy (non-hydrogen) atoms. The third-order valence-corrected chi connectivity index (χ3v) is 11.3. The van der Waals surface area contributed by atoms with E-state index in [2.05, 4.69) is 124 Å². The average molecular weight is 655 g/mol. The lowest BCUT2D eigenvalue weighted by atomic mass is 10.1. The minimum atomic E-state index is 0.539. The van der Waals surface area contributed by atoms with Crippen LogP contribution in [0.15, 0.2) is 138 Å². The van der Waals surface area contributed by atoms with Gasteiger partial charge in [0.2, 0.25) is 0 Å². The van der Waals surface area contributed by atoms with E-state index in [-0.39, 0.29) is 0 Å². The third-order valence-electron chi connectivity index (χ3n) is 10.2. The number of nitrogens with zero attached hydrogens (tertiary/aromatic N) is 4. The zero-order valence-corrected chi connectivity index (χ0v) is 27.1. The largest absolute Gasteiger partial charge is 0.454 e. The molecule has 0 fully saturated rings. The van der Waals surface area contributed by atoms with Gasteiger partial charge in [0.05, 0.1) is 44.6 Å². The van der Waals surface area contributed by atoms with Crippen LogP contribution in [0.25, 0.3) is 97.1 Å². The maximum atomic E-state index is 9.80. The molecule has 0 unspecified atom stereocenters. The fourth-order valence-corrected chi connectivity index (χ4v) is 9.09. The molecule has 0 bridgehead atoms. The van der Waals surface area contributed by atoms with Crippen LogP contribution in [0.4, 0.5) is 0 Å². The molecule has 0 saturated heterocycles. The number of aromatic nitrogens is 2. The highest BCUT2D eigenvalue weighted by atomic mass is 32.1. The van der Waals surface area contributed by atoms with Crippen molar-refractivity contribution in [2.45, 2.75) is 0 Å². The van der Waals surface area contributed by atoms with Gasteiger partial charge in [-0.15, -0.1) is 11.3 Å². The number of hydrogen-bond donors (Lipinski definition) is 0. The van der Waals surface area contributed by atoms with Crippen molar-refractivity contribution < 1.29 is 4.42 Å². The van der Waals surface area contributed by atoms with Gasteiger partial charge in [-0.25, -0.2) is 0 Å². The molecule has 4 heterocycles. The summed E-state index contributed by atoms with van der Waals surface area (Å²) in [7, 11) is 0. The summed E-state index contributed by atoms with van der Waals surface area (Å²) in [5, 5.41) is 28.1. The van der Waals surface area contributed by atoms with E-state index in [0.717, 1.165) is 71.3 Å². The molecule has 0 atom stereocenters.